The molecule has 2 aliphatic heterocycles. The first-order valence-corrected chi connectivity index (χ1v) is 18.7. The number of carbonyl (C=O) groups is 3. The van der Waals surface area contributed by atoms with Gasteiger partial charge in [-0.2, -0.15) is 9.57 Å². The molecule has 1 aromatic heterocycles. The second-order valence-electron chi connectivity index (χ2n) is 12.6. The van der Waals surface area contributed by atoms with Gasteiger partial charge >= 0.3 is 5.97 Å². The van der Waals surface area contributed by atoms with Gasteiger partial charge in [0.15, 0.2) is 0 Å². The minimum Gasteiger partial charge on any atom is -0.462 e. The Hall–Kier alpha value is -4.24. The third kappa shape index (κ3) is 9.85. The lowest BCUT2D eigenvalue weighted by atomic mass is 10.0. The molecule has 2 amide bonds. The van der Waals surface area contributed by atoms with E-state index in [1.807, 2.05) is 6.07 Å². The second kappa shape index (κ2) is 17.3. The maximum Gasteiger partial charge on any atom is 0.329 e. The molecule has 282 valence electrons. The van der Waals surface area contributed by atoms with Gasteiger partial charge < -0.3 is 20.1 Å². The van der Waals surface area contributed by atoms with Crippen LogP contribution in [-0.4, -0.2) is 104 Å². The van der Waals surface area contributed by atoms with Crippen molar-refractivity contribution in [2.45, 2.75) is 54.6 Å². The van der Waals surface area contributed by atoms with E-state index in [2.05, 4.69) is 15.6 Å². The van der Waals surface area contributed by atoms with Gasteiger partial charge in [0.1, 0.15) is 18.7 Å². The number of nitrogens with one attached hydrogen (secondary N) is 2. The van der Waals surface area contributed by atoms with Crippen molar-refractivity contribution in [3.8, 4) is 6.07 Å². The molecule has 3 aromatic rings. The minimum absolute atomic E-state index is 0.0333. The van der Waals surface area contributed by atoms with Gasteiger partial charge in [-0.05, 0) is 55.3 Å². The lowest BCUT2D eigenvalue weighted by Gasteiger charge is -2.36. The average Bonchev–Trinajstić information content (AvgIpc) is 3.59. The number of benzene rings is 2. The molecule has 2 fully saturated rings. The molecule has 0 aliphatic carbocycles. The molecule has 3 atom stereocenters. The lowest BCUT2D eigenvalue weighted by molar-refractivity contribution is -0.149. The Bertz CT molecular complexity index is 1960. The molecule has 18 heteroatoms. The molecule has 53 heavy (non-hydrogen) atoms. The second-order valence-corrected chi connectivity index (χ2v) is 15.3. The number of sulfonamides is 1. The zero-order valence-electron chi connectivity index (χ0n) is 28.4. The highest BCUT2D eigenvalue weighted by molar-refractivity contribution is 7.89. The first-order chi connectivity index (χ1) is 25.2. The van der Waals surface area contributed by atoms with Crippen molar-refractivity contribution in [1.29, 1.82) is 5.26 Å². The van der Waals surface area contributed by atoms with Crippen molar-refractivity contribution >= 4 is 56.7 Å². The number of hydrogen-bond acceptors (Lipinski definition) is 10. The Morgan fingerprint density at radius 1 is 1.11 bits per heavy atom. The zero-order valence-corrected chi connectivity index (χ0v) is 30.8. The number of piperidine rings is 1. The molecule has 0 spiro atoms. The van der Waals surface area contributed by atoms with Gasteiger partial charge in [0.05, 0.1) is 45.3 Å². The van der Waals surface area contributed by atoms with Crippen LogP contribution >= 0.6 is 23.2 Å². The fraction of sp³-hybridized carbons (Fsp3) is 0.400. The van der Waals surface area contributed by atoms with Crippen molar-refractivity contribution in [1.82, 2.24) is 19.5 Å². The van der Waals surface area contributed by atoms with Crippen LogP contribution in [0.25, 0.3) is 0 Å². The van der Waals surface area contributed by atoms with Gasteiger partial charge in [0, 0.05) is 50.6 Å². The summed E-state index contributed by atoms with van der Waals surface area (Å²) in [6.45, 7) is -0.612. The number of carbonyl (C=O) groups excluding carboxylic acids is 3. The molecule has 0 saturated carbocycles. The number of likely N-dealkylation sites (tertiary alicyclic amines) is 1. The first kappa shape index (κ1) is 40.0. The summed E-state index contributed by atoms with van der Waals surface area (Å²) in [6, 6.07) is 10.1. The molecule has 0 bridgehead atoms. The maximum absolute atomic E-state index is 14.5. The van der Waals surface area contributed by atoms with E-state index in [4.69, 9.17) is 32.7 Å². The summed E-state index contributed by atoms with van der Waals surface area (Å²) in [5.74, 6) is -5.21. The fourth-order valence-corrected chi connectivity index (χ4v) is 8.51. The van der Waals surface area contributed by atoms with Crippen LogP contribution in [0.5, 0.6) is 0 Å². The summed E-state index contributed by atoms with van der Waals surface area (Å²) < 4.78 is 68.2. The van der Waals surface area contributed by atoms with Crippen LogP contribution in [0.2, 0.25) is 10.0 Å². The summed E-state index contributed by atoms with van der Waals surface area (Å²) >= 11 is 12.2. The van der Waals surface area contributed by atoms with Crippen LogP contribution in [-0.2, 0) is 35.5 Å². The van der Waals surface area contributed by atoms with Crippen LogP contribution in [0.3, 0.4) is 0 Å². The van der Waals surface area contributed by atoms with E-state index in [0.717, 1.165) is 4.31 Å². The Kier molecular flexibility index (Phi) is 13.0. The highest BCUT2D eigenvalue weighted by Gasteiger charge is 2.48. The predicted molar refractivity (Wildman–Crippen MR) is 190 cm³/mol. The molecular formula is C35H36Cl2F2N6O7S. The summed E-state index contributed by atoms with van der Waals surface area (Å²) in [5, 5.41) is 14.8. The third-order valence-corrected chi connectivity index (χ3v) is 11.4. The number of esters is 1. The van der Waals surface area contributed by atoms with Crippen molar-refractivity contribution in [2.24, 2.45) is 0 Å². The van der Waals surface area contributed by atoms with Crippen molar-refractivity contribution < 1.29 is 41.1 Å². The van der Waals surface area contributed by atoms with Crippen LogP contribution in [0, 0.1) is 11.3 Å². The quantitative estimate of drug-likeness (QED) is 0.188. The molecule has 2 saturated heterocycles. The van der Waals surface area contributed by atoms with Gasteiger partial charge in [0.25, 0.3) is 11.8 Å². The Morgan fingerprint density at radius 2 is 1.83 bits per heavy atom. The Morgan fingerprint density at radius 3 is 2.49 bits per heavy atom. The Balaban J connectivity index is 1.38. The van der Waals surface area contributed by atoms with Crippen LogP contribution < -0.4 is 10.6 Å². The van der Waals surface area contributed by atoms with Gasteiger partial charge in [-0.15, -0.1) is 0 Å². The molecule has 2 aromatic carbocycles. The summed E-state index contributed by atoms with van der Waals surface area (Å²) in [6.07, 6.45) is 2.25. The number of aromatic nitrogens is 1. The number of amides is 2. The number of anilines is 1. The van der Waals surface area contributed by atoms with Crippen LogP contribution in [0.4, 0.5) is 14.5 Å². The van der Waals surface area contributed by atoms with Crippen LogP contribution in [0.1, 0.15) is 40.7 Å². The van der Waals surface area contributed by atoms with E-state index >= 15 is 0 Å². The summed E-state index contributed by atoms with van der Waals surface area (Å²) in [5.41, 5.74) is 1.01. The third-order valence-electron chi connectivity index (χ3n) is 8.91. The topological polar surface area (TPSA) is 171 Å². The molecule has 1 unspecified atom stereocenters. The van der Waals surface area contributed by atoms with E-state index in [0.29, 0.717) is 17.8 Å². The smallest absolute Gasteiger partial charge is 0.329 e. The van der Waals surface area contributed by atoms with Crippen molar-refractivity contribution in [2.75, 3.05) is 45.3 Å². The summed E-state index contributed by atoms with van der Waals surface area (Å²) in [7, 11) is -3.00. The number of ether oxygens (including phenoxy) is 2. The first-order valence-electron chi connectivity index (χ1n) is 16.5. The highest BCUT2D eigenvalue weighted by Crippen LogP contribution is 2.34. The van der Waals surface area contributed by atoms with E-state index in [1.165, 1.54) is 48.7 Å². The maximum atomic E-state index is 14.5. The Labute approximate surface area is 315 Å². The van der Waals surface area contributed by atoms with Crippen molar-refractivity contribution in [3.05, 3.63) is 87.7 Å². The SMILES string of the molecule is COCCOC(=O)[C@H](Cc1ccc(NC(=O)c2c(Cl)cncc2Cl)cc1)NC(=O)[C@@H]1CC(N2CCCC(F)(F)C2)CN1S(=O)(=O)c1cccc(C#N)c1. The van der Waals surface area contributed by atoms with Gasteiger partial charge in [0.2, 0.25) is 15.9 Å². The van der Waals surface area contributed by atoms with Crippen LogP contribution in [0.15, 0.2) is 65.8 Å². The van der Waals surface area contributed by atoms with E-state index in [-0.39, 0.29) is 71.5 Å². The largest absolute Gasteiger partial charge is 0.462 e. The zero-order chi connectivity index (χ0) is 38.3. The van der Waals surface area contributed by atoms with Gasteiger partial charge in [-0.1, -0.05) is 41.4 Å². The molecule has 2 aliphatic rings. The molecule has 2 N–H and O–H groups in total. The highest BCUT2D eigenvalue weighted by atomic mass is 35.5. The van der Waals surface area contributed by atoms with Crippen molar-refractivity contribution in [3.63, 3.8) is 0 Å². The fourth-order valence-electron chi connectivity index (χ4n) is 6.29. The number of pyridine rings is 1. The number of rotatable bonds is 13. The molecule has 13 nitrogen and oxygen atoms in total. The summed E-state index contributed by atoms with van der Waals surface area (Å²) in [4.78, 5) is 45.3. The van der Waals surface area contributed by atoms with E-state index < -0.39 is 58.4 Å². The standard InChI is InChI=1S/C35H36Cl2F2N6O7S/c1-51-12-13-52-34(48)29(15-22-6-8-24(9-7-22)42-33(47)31-27(36)18-41-19-28(31)37)43-32(46)30-16-25(44-11-3-10-35(38,39)21-44)20-45(30)53(49,50)26-5-2-4-23(14-26)17-40/h2,4-9,14,18-19,25,29-30H,3,10-13,15-16,20-21H2,1H3,(H,42,47)(H,43,46)/t25?,29-,30-/m0/s1. The molecular weight excluding hydrogens is 757 g/mol. The number of hydrogen-bond donors (Lipinski definition) is 2. The molecule has 0 radical (unpaired) electrons. The number of alkyl halides is 2. The van der Waals surface area contributed by atoms with E-state index in [9.17, 15) is 36.8 Å². The number of methoxy groups -OCH3 is 1. The van der Waals surface area contributed by atoms with E-state index in [1.54, 1.807) is 24.3 Å². The number of nitrogens with zero attached hydrogens (tertiary/aromatic N) is 4. The lowest BCUT2D eigenvalue weighted by Crippen LogP contribution is -2.51. The van der Waals surface area contributed by atoms with Gasteiger partial charge in [-0.25, -0.2) is 22.0 Å². The molecule has 5 rings (SSSR count). The predicted octanol–water partition coefficient (Wildman–Crippen LogP) is 4.29. The monoisotopic (exact) mass is 792 g/mol. The van der Waals surface area contributed by atoms with Gasteiger partial charge in [-0.3, -0.25) is 19.5 Å². The normalized spacial score (nSPS) is 19.5. The average molecular weight is 794 g/mol. The number of nitriles is 1. The number of halogens is 4. The minimum atomic E-state index is -4.42. The molecule has 3 heterocycles.